The quantitative estimate of drug-likeness (QED) is 0.803. The molecule has 1 aromatic carbocycles. The number of aliphatic imine (C=N–C) groups is 1. The van der Waals surface area contributed by atoms with Crippen molar-refractivity contribution in [3.63, 3.8) is 0 Å². The van der Waals surface area contributed by atoms with Gasteiger partial charge in [-0.15, -0.1) is 5.10 Å². The van der Waals surface area contributed by atoms with Gasteiger partial charge in [-0.05, 0) is 24.8 Å². The molecule has 1 saturated heterocycles. The Morgan fingerprint density at radius 2 is 1.95 bits per heavy atom. The molecule has 1 aromatic heterocycles. The standard InChI is InChI=1S/C13H14N4S3/c1-18-12-14-11(15-13-19-8-5-9-20-13)17(16-12)10-6-3-2-4-7-10/h2-4,6-7H,5,8-9H2,1H3. The maximum atomic E-state index is 4.68. The molecule has 1 fully saturated rings. The van der Waals surface area contributed by atoms with E-state index in [1.807, 2.05) is 41.3 Å². The van der Waals surface area contributed by atoms with Crippen LogP contribution in [0.25, 0.3) is 5.69 Å². The molecule has 20 heavy (non-hydrogen) atoms. The fourth-order valence-electron chi connectivity index (χ4n) is 1.75. The van der Waals surface area contributed by atoms with Gasteiger partial charge in [0, 0.05) is 11.5 Å². The van der Waals surface area contributed by atoms with Crippen LogP contribution in [0.1, 0.15) is 6.42 Å². The first-order valence-corrected chi connectivity index (χ1v) is 9.47. The van der Waals surface area contributed by atoms with Crippen LogP contribution in [0.3, 0.4) is 0 Å². The zero-order chi connectivity index (χ0) is 13.8. The maximum Gasteiger partial charge on any atom is 0.255 e. The van der Waals surface area contributed by atoms with E-state index in [4.69, 9.17) is 0 Å². The number of thioether (sulfide) groups is 3. The van der Waals surface area contributed by atoms with Gasteiger partial charge < -0.3 is 0 Å². The van der Waals surface area contributed by atoms with Gasteiger partial charge in [0.1, 0.15) is 4.38 Å². The lowest BCUT2D eigenvalue weighted by atomic mass is 10.3. The number of rotatable bonds is 3. The van der Waals surface area contributed by atoms with E-state index >= 15 is 0 Å². The van der Waals surface area contributed by atoms with Gasteiger partial charge >= 0.3 is 0 Å². The van der Waals surface area contributed by atoms with Gasteiger partial charge in [0.05, 0.1) is 5.69 Å². The molecule has 0 bridgehead atoms. The summed E-state index contributed by atoms with van der Waals surface area (Å²) in [7, 11) is 0. The van der Waals surface area contributed by atoms with Crippen molar-refractivity contribution in [1.29, 1.82) is 0 Å². The first-order chi connectivity index (χ1) is 9.86. The summed E-state index contributed by atoms with van der Waals surface area (Å²) in [6.45, 7) is 0. The molecule has 0 spiro atoms. The zero-order valence-electron chi connectivity index (χ0n) is 11.0. The van der Waals surface area contributed by atoms with Crippen molar-refractivity contribution >= 4 is 45.6 Å². The summed E-state index contributed by atoms with van der Waals surface area (Å²) in [5.41, 5.74) is 0.991. The van der Waals surface area contributed by atoms with Crippen LogP contribution in [-0.4, -0.2) is 36.9 Å². The third-order valence-corrected chi connectivity index (χ3v) is 5.59. The summed E-state index contributed by atoms with van der Waals surface area (Å²) in [6.07, 6.45) is 3.22. The van der Waals surface area contributed by atoms with Gasteiger partial charge in [-0.3, -0.25) is 0 Å². The fraction of sp³-hybridized carbons (Fsp3) is 0.308. The molecule has 7 heteroatoms. The second-order valence-corrected chi connectivity index (χ2v) is 7.27. The van der Waals surface area contributed by atoms with Crippen LogP contribution < -0.4 is 0 Å². The molecular weight excluding hydrogens is 308 g/mol. The SMILES string of the molecule is CSc1nc(N=C2SCCCS2)n(-c2ccccc2)n1. The highest BCUT2D eigenvalue weighted by molar-refractivity contribution is 8.39. The van der Waals surface area contributed by atoms with Crippen molar-refractivity contribution in [1.82, 2.24) is 14.8 Å². The molecule has 104 valence electrons. The van der Waals surface area contributed by atoms with E-state index in [1.54, 1.807) is 23.5 Å². The Kier molecular flexibility index (Phi) is 4.69. The van der Waals surface area contributed by atoms with Gasteiger partial charge in [0.2, 0.25) is 5.16 Å². The van der Waals surface area contributed by atoms with Crippen molar-refractivity contribution in [3.05, 3.63) is 30.3 Å². The highest BCUT2D eigenvalue weighted by Crippen LogP contribution is 2.29. The molecule has 4 nitrogen and oxygen atoms in total. The first-order valence-electron chi connectivity index (χ1n) is 6.27. The van der Waals surface area contributed by atoms with Gasteiger partial charge in [-0.2, -0.15) is 14.7 Å². The lowest BCUT2D eigenvalue weighted by molar-refractivity contribution is 0.836. The van der Waals surface area contributed by atoms with E-state index in [1.165, 1.54) is 18.2 Å². The summed E-state index contributed by atoms with van der Waals surface area (Å²) >= 11 is 5.14. The minimum atomic E-state index is 0.664. The average Bonchev–Trinajstić information content (AvgIpc) is 2.92. The number of nitrogens with zero attached hydrogens (tertiary/aromatic N) is 4. The summed E-state index contributed by atoms with van der Waals surface area (Å²) in [5, 5.41) is 5.26. The second-order valence-electron chi connectivity index (χ2n) is 4.07. The Morgan fingerprint density at radius 3 is 2.65 bits per heavy atom. The average molecular weight is 322 g/mol. The lowest BCUT2D eigenvalue weighted by Gasteiger charge is -2.10. The monoisotopic (exact) mass is 322 g/mol. The zero-order valence-corrected chi connectivity index (χ0v) is 13.5. The van der Waals surface area contributed by atoms with Crippen LogP contribution >= 0.6 is 35.3 Å². The molecule has 0 atom stereocenters. The Hall–Kier alpha value is -0.920. The predicted octanol–water partition coefficient (Wildman–Crippen LogP) is 3.85. The minimum Gasteiger partial charge on any atom is -0.197 e. The molecule has 0 saturated carbocycles. The molecular formula is C13H14N4S3. The largest absolute Gasteiger partial charge is 0.255 e. The number of benzene rings is 1. The fourth-order valence-corrected chi connectivity index (χ4v) is 4.32. The Labute approximate surface area is 130 Å². The third kappa shape index (κ3) is 3.21. The smallest absolute Gasteiger partial charge is 0.197 e. The third-order valence-electron chi connectivity index (χ3n) is 2.69. The Morgan fingerprint density at radius 1 is 1.20 bits per heavy atom. The van der Waals surface area contributed by atoms with Crippen LogP contribution in [0.15, 0.2) is 40.5 Å². The predicted molar refractivity (Wildman–Crippen MR) is 89.8 cm³/mol. The van der Waals surface area contributed by atoms with E-state index < -0.39 is 0 Å². The van der Waals surface area contributed by atoms with E-state index in [0.29, 0.717) is 5.95 Å². The van der Waals surface area contributed by atoms with E-state index in [-0.39, 0.29) is 0 Å². The van der Waals surface area contributed by atoms with Gasteiger partial charge in [0.25, 0.3) is 5.95 Å². The van der Waals surface area contributed by atoms with Gasteiger partial charge in [-0.1, -0.05) is 53.5 Å². The molecule has 0 radical (unpaired) electrons. The molecule has 3 rings (SSSR count). The van der Waals surface area contributed by atoms with Crippen molar-refractivity contribution in [3.8, 4) is 5.69 Å². The van der Waals surface area contributed by atoms with Crippen LogP contribution in [0.4, 0.5) is 5.95 Å². The van der Waals surface area contributed by atoms with Gasteiger partial charge in [0.15, 0.2) is 0 Å². The van der Waals surface area contributed by atoms with E-state index in [9.17, 15) is 0 Å². The van der Waals surface area contributed by atoms with E-state index in [0.717, 1.165) is 26.7 Å². The minimum absolute atomic E-state index is 0.664. The van der Waals surface area contributed by atoms with Crippen molar-refractivity contribution in [2.75, 3.05) is 17.8 Å². The maximum absolute atomic E-state index is 4.68. The molecule has 0 amide bonds. The van der Waals surface area contributed by atoms with Crippen LogP contribution in [0.2, 0.25) is 0 Å². The first kappa shape index (κ1) is 14.0. The summed E-state index contributed by atoms with van der Waals surface area (Å²) in [4.78, 5) is 9.18. The molecule has 0 unspecified atom stereocenters. The molecule has 0 aliphatic carbocycles. The number of hydrogen-bond donors (Lipinski definition) is 0. The summed E-state index contributed by atoms with van der Waals surface area (Å²) in [5.74, 6) is 2.94. The normalized spacial score (nSPS) is 15.3. The Balaban J connectivity index is 1.99. The molecule has 2 aromatic rings. The van der Waals surface area contributed by atoms with Crippen LogP contribution in [0.5, 0.6) is 0 Å². The van der Waals surface area contributed by atoms with Crippen LogP contribution in [-0.2, 0) is 0 Å². The van der Waals surface area contributed by atoms with Crippen LogP contribution in [0, 0.1) is 0 Å². The highest BCUT2D eigenvalue weighted by atomic mass is 32.2. The molecule has 2 heterocycles. The highest BCUT2D eigenvalue weighted by Gasteiger charge is 2.14. The summed E-state index contributed by atoms with van der Waals surface area (Å²) < 4.78 is 2.91. The van der Waals surface area contributed by atoms with Crippen molar-refractivity contribution in [2.24, 2.45) is 4.99 Å². The van der Waals surface area contributed by atoms with Gasteiger partial charge in [-0.25, -0.2) is 0 Å². The van der Waals surface area contributed by atoms with Crippen molar-refractivity contribution < 1.29 is 0 Å². The Bertz CT molecular complexity index is 601. The lowest BCUT2D eigenvalue weighted by Crippen LogP contribution is -2.01. The summed E-state index contributed by atoms with van der Waals surface area (Å²) in [6, 6.07) is 10.0. The van der Waals surface area contributed by atoms with Crippen molar-refractivity contribution in [2.45, 2.75) is 11.6 Å². The van der Waals surface area contributed by atoms with E-state index in [2.05, 4.69) is 15.1 Å². The second kappa shape index (κ2) is 6.69. The molecule has 1 aliphatic rings. The topological polar surface area (TPSA) is 43.1 Å². The number of para-hydroxylation sites is 1. The molecule has 0 N–H and O–H groups in total. The molecule has 1 aliphatic heterocycles. The number of hydrogen-bond acceptors (Lipinski definition) is 6. The number of aromatic nitrogens is 3.